The van der Waals surface area contributed by atoms with Crippen molar-refractivity contribution < 1.29 is 13.2 Å². The predicted molar refractivity (Wildman–Crippen MR) is 275 cm³/mol. The summed E-state index contributed by atoms with van der Waals surface area (Å²) in [6, 6.07) is 68.9. The molecule has 0 bridgehead atoms. The van der Waals surface area contributed by atoms with Crippen LogP contribution in [0.1, 0.15) is 16.7 Å². The van der Waals surface area contributed by atoms with Crippen LogP contribution in [0, 0.1) is 24.8 Å². The second kappa shape index (κ2) is 17.7. The number of rotatable bonds is 8. The number of fused-ring (bicyclic) bond motifs is 3. The lowest BCUT2D eigenvalue weighted by atomic mass is 9.91. The van der Waals surface area contributed by atoms with E-state index >= 15 is 0 Å². The van der Waals surface area contributed by atoms with Crippen LogP contribution in [-0.4, -0.2) is 14.5 Å². The van der Waals surface area contributed by atoms with Gasteiger partial charge in [0.25, 0.3) is 0 Å². The maximum atomic E-state index is 14.8. The van der Waals surface area contributed by atoms with E-state index in [1.54, 1.807) is 18.2 Å². The van der Waals surface area contributed by atoms with Crippen molar-refractivity contribution in [1.29, 1.82) is 5.26 Å². The van der Waals surface area contributed by atoms with Crippen molar-refractivity contribution in [2.24, 2.45) is 0 Å². The van der Waals surface area contributed by atoms with Gasteiger partial charge in [-0.15, -0.1) is 0 Å². The van der Waals surface area contributed by atoms with E-state index in [1.807, 2.05) is 159 Å². The van der Waals surface area contributed by atoms with Crippen molar-refractivity contribution in [3.8, 4) is 90.2 Å². The van der Waals surface area contributed by atoms with E-state index in [2.05, 4.69) is 39.7 Å². The van der Waals surface area contributed by atoms with Crippen molar-refractivity contribution in [1.82, 2.24) is 14.5 Å². The lowest BCUT2D eigenvalue weighted by molar-refractivity contribution is -0.137. The molecule has 8 heteroatoms. The zero-order chi connectivity index (χ0) is 47.9. The summed E-state index contributed by atoms with van der Waals surface area (Å²) in [5.41, 5.74) is 13.4. The topological polar surface area (TPSA) is 58.9 Å². The first-order valence-electron chi connectivity index (χ1n) is 22.6. The number of nitriles is 1. The molecule has 332 valence electrons. The van der Waals surface area contributed by atoms with E-state index in [-0.39, 0.29) is 0 Å². The summed E-state index contributed by atoms with van der Waals surface area (Å²) in [7, 11) is 0. The summed E-state index contributed by atoms with van der Waals surface area (Å²) in [6.45, 7) is 9.74. The first-order valence-corrected chi connectivity index (χ1v) is 22.6. The molecule has 2 heterocycles. The molecule has 0 atom stereocenters. The number of aromatic nitrogens is 3. The molecule has 0 fully saturated rings. The maximum absolute atomic E-state index is 14.8. The highest BCUT2D eigenvalue weighted by Gasteiger charge is 2.31. The number of alkyl halides is 3. The lowest BCUT2D eigenvalue weighted by Gasteiger charge is -2.22. The summed E-state index contributed by atoms with van der Waals surface area (Å²) in [4.78, 5) is 14.1. The molecule has 0 radical (unpaired) electrons. The normalized spacial score (nSPS) is 11.4. The third kappa shape index (κ3) is 8.14. The van der Waals surface area contributed by atoms with Crippen LogP contribution >= 0.6 is 0 Å². The lowest BCUT2D eigenvalue weighted by Crippen LogP contribution is -2.06. The van der Waals surface area contributed by atoms with E-state index in [0.717, 1.165) is 77.9 Å². The molecule has 9 aromatic carbocycles. The van der Waals surface area contributed by atoms with Crippen molar-refractivity contribution in [3.63, 3.8) is 0 Å². The Kier molecular flexibility index (Phi) is 10.9. The Labute approximate surface area is 402 Å². The van der Waals surface area contributed by atoms with E-state index in [0.29, 0.717) is 50.8 Å². The number of nitrogens with zero attached hydrogens (tertiary/aromatic N) is 5. The van der Waals surface area contributed by atoms with E-state index in [4.69, 9.17) is 16.5 Å². The molecule has 0 aliphatic heterocycles. The van der Waals surface area contributed by atoms with Gasteiger partial charge in [-0.3, -0.25) is 0 Å². The molecule has 11 rings (SSSR count). The number of aryl methyl sites for hydroxylation is 1. The van der Waals surface area contributed by atoms with Crippen molar-refractivity contribution in [2.45, 2.75) is 13.1 Å². The SMILES string of the molecule is [C-]#[N+]c1cccc(-c2ccc3c(c2)c2cc(-c4cccc(C#N)c4)ccc2n3-c2c(-c3cccc(C)c3)cc(-c3nc(-c4ccccc4)cc(-c4ccccc4)n3)cc2-c2cccc(C(F)(F)F)c2)c1. The fourth-order valence-corrected chi connectivity index (χ4v) is 9.36. The Morgan fingerprint density at radius 3 is 1.57 bits per heavy atom. The molecule has 0 spiro atoms. The smallest absolute Gasteiger partial charge is 0.308 e. The van der Waals surface area contributed by atoms with Crippen LogP contribution < -0.4 is 0 Å². The molecule has 11 aromatic rings. The van der Waals surface area contributed by atoms with Gasteiger partial charge in [0.05, 0.1) is 51.9 Å². The highest BCUT2D eigenvalue weighted by Crippen LogP contribution is 2.46. The summed E-state index contributed by atoms with van der Waals surface area (Å²) >= 11 is 0. The van der Waals surface area contributed by atoms with Crippen molar-refractivity contribution in [3.05, 3.63) is 240 Å². The number of hydrogen-bond donors (Lipinski definition) is 0. The third-order valence-electron chi connectivity index (χ3n) is 12.7. The van der Waals surface area contributed by atoms with Crippen LogP contribution in [0.3, 0.4) is 0 Å². The largest absolute Gasteiger partial charge is 0.416 e. The Morgan fingerprint density at radius 1 is 0.486 bits per heavy atom. The number of hydrogen-bond acceptors (Lipinski definition) is 3. The summed E-state index contributed by atoms with van der Waals surface area (Å²) in [5, 5.41) is 11.6. The maximum Gasteiger partial charge on any atom is 0.416 e. The molecular formula is C62H38F3N5. The van der Waals surface area contributed by atoms with Crippen LogP contribution in [0.15, 0.2) is 212 Å². The summed E-state index contributed by atoms with van der Waals surface area (Å²) < 4.78 is 46.6. The van der Waals surface area contributed by atoms with Crippen LogP contribution in [0.2, 0.25) is 0 Å². The first kappa shape index (κ1) is 43.2. The van der Waals surface area contributed by atoms with Gasteiger partial charge in [-0.2, -0.15) is 18.4 Å². The first-order chi connectivity index (χ1) is 34.1. The van der Waals surface area contributed by atoms with Gasteiger partial charge in [-0.05, 0) is 113 Å². The second-order valence-corrected chi connectivity index (χ2v) is 17.2. The van der Waals surface area contributed by atoms with Gasteiger partial charge in [-0.1, -0.05) is 145 Å². The Hall–Kier alpha value is -9.37. The van der Waals surface area contributed by atoms with Crippen LogP contribution in [-0.2, 0) is 6.18 Å². The fourth-order valence-electron chi connectivity index (χ4n) is 9.36. The van der Waals surface area contributed by atoms with Gasteiger partial charge in [0, 0.05) is 38.6 Å². The van der Waals surface area contributed by atoms with Crippen molar-refractivity contribution >= 4 is 27.5 Å². The quantitative estimate of drug-likeness (QED) is 0.143. The van der Waals surface area contributed by atoms with Crippen LogP contribution in [0.4, 0.5) is 18.9 Å². The molecule has 5 nitrogen and oxygen atoms in total. The highest BCUT2D eigenvalue weighted by atomic mass is 19.4. The van der Waals surface area contributed by atoms with E-state index in [9.17, 15) is 18.4 Å². The molecule has 0 saturated carbocycles. The monoisotopic (exact) mass is 909 g/mol. The minimum atomic E-state index is -4.61. The number of benzene rings is 9. The average Bonchev–Trinajstić information content (AvgIpc) is 3.73. The minimum Gasteiger partial charge on any atom is -0.308 e. The standard InChI is InChI=1S/C62H38F3N5/c1-39-13-9-21-47(29-39)52-35-49(61-68-56(41-15-5-3-6-16-41)37-57(69-61)42-17-7-4-8-18-42)36-53(48-22-11-23-50(31-48)62(63,64)65)60(52)70-58-27-25-45(43-19-10-14-40(30-43)38-66)33-54(58)55-34-46(26-28-59(55)70)44-20-12-24-51(32-44)67-2/h3-37H,1H3. The van der Waals surface area contributed by atoms with Crippen LogP contribution in [0.25, 0.3) is 111 Å². The molecule has 0 aliphatic carbocycles. The third-order valence-corrected chi connectivity index (χ3v) is 12.7. The minimum absolute atomic E-state index is 0.357. The summed E-state index contributed by atoms with van der Waals surface area (Å²) in [6.07, 6.45) is -4.61. The van der Waals surface area contributed by atoms with E-state index in [1.165, 1.54) is 12.1 Å². The Balaban J connectivity index is 1.27. The number of halogens is 3. The zero-order valence-corrected chi connectivity index (χ0v) is 37.6. The zero-order valence-electron chi connectivity index (χ0n) is 37.6. The molecule has 0 aliphatic rings. The Bertz CT molecular complexity index is 3740. The fraction of sp³-hybridized carbons (Fsp3) is 0.0323. The van der Waals surface area contributed by atoms with Gasteiger partial charge < -0.3 is 4.57 Å². The molecule has 0 amide bonds. The van der Waals surface area contributed by atoms with Gasteiger partial charge in [0.1, 0.15) is 0 Å². The van der Waals surface area contributed by atoms with Gasteiger partial charge in [-0.25, -0.2) is 14.8 Å². The molecule has 2 aromatic heterocycles. The molecule has 0 saturated heterocycles. The molecule has 0 N–H and O–H groups in total. The molecular weight excluding hydrogens is 872 g/mol. The molecule has 70 heavy (non-hydrogen) atoms. The summed E-state index contributed by atoms with van der Waals surface area (Å²) in [5.74, 6) is 0.409. The van der Waals surface area contributed by atoms with Crippen LogP contribution in [0.5, 0.6) is 0 Å². The van der Waals surface area contributed by atoms with E-state index < -0.39 is 11.7 Å². The van der Waals surface area contributed by atoms with Gasteiger partial charge in [0.15, 0.2) is 11.5 Å². The second-order valence-electron chi connectivity index (χ2n) is 17.2. The van der Waals surface area contributed by atoms with Gasteiger partial charge in [0.2, 0.25) is 0 Å². The van der Waals surface area contributed by atoms with Gasteiger partial charge >= 0.3 is 6.18 Å². The predicted octanol–water partition coefficient (Wildman–Crippen LogP) is 17.0. The average molecular weight is 910 g/mol. The van der Waals surface area contributed by atoms with Crippen molar-refractivity contribution in [2.75, 3.05) is 0 Å². The molecule has 0 unspecified atom stereocenters. The Morgan fingerprint density at radius 2 is 1.00 bits per heavy atom. The highest BCUT2D eigenvalue weighted by molar-refractivity contribution is 6.13.